The van der Waals surface area contributed by atoms with Crippen LogP contribution in [0.3, 0.4) is 0 Å². The van der Waals surface area contributed by atoms with E-state index in [0.717, 1.165) is 12.8 Å². The minimum absolute atomic E-state index is 0.422. The molecular formula is C7H8BrIO. The highest BCUT2D eigenvalue weighted by molar-refractivity contribution is 14.1. The molecule has 3 heteroatoms. The van der Waals surface area contributed by atoms with Crippen molar-refractivity contribution in [3.63, 3.8) is 0 Å². The summed E-state index contributed by atoms with van der Waals surface area (Å²) in [6.45, 7) is 0. The van der Waals surface area contributed by atoms with Gasteiger partial charge in [-0.25, -0.2) is 0 Å². The lowest BCUT2D eigenvalue weighted by Gasteiger charge is -2.29. The predicted molar refractivity (Wildman–Crippen MR) is 51.7 cm³/mol. The third-order valence-corrected chi connectivity index (χ3v) is 6.32. The number of hydrogen-bond acceptors (Lipinski definition) is 1. The van der Waals surface area contributed by atoms with Crippen molar-refractivity contribution in [2.45, 2.75) is 21.6 Å². The number of fused-ring (bicyclic) bond motifs is 1. The maximum Gasteiger partial charge on any atom is 0.136 e. The first kappa shape index (κ1) is 7.53. The molecule has 2 aliphatic carbocycles. The number of alkyl halides is 2. The minimum Gasteiger partial charge on any atom is -0.299 e. The fourth-order valence-electron chi connectivity index (χ4n) is 1.89. The Morgan fingerprint density at radius 2 is 2.30 bits per heavy atom. The quantitative estimate of drug-likeness (QED) is 0.495. The van der Waals surface area contributed by atoms with Crippen LogP contribution in [0.5, 0.6) is 0 Å². The maximum atomic E-state index is 11.0. The molecule has 2 aliphatic rings. The smallest absolute Gasteiger partial charge is 0.136 e. The van der Waals surface area contributed by atoms with Crippen molar-refractivity contribution >= 4 is 44.3 Å². The number of halogens is 2. The molecule has 2 rings (SSSR count). The monoisotopic (exact) mass is 314 g/mol. The van der Waals surface area contributed by atoms with E-state index in [1.54, 1.807) is 0 Å². The highest BCUT2D eigenvalue weighted by Crippen LogP contribution is 2.50. The molecule has 0 aromatic heterocycles. The van der Waals surface area contributed by atoms with Gasteiger partial charge in [-0.05, 0) is 12.3 Å². The van der Waals surface area contributed by atoms with E-state index in [9.17, 15) is 4.79 Å². The zero-order valence-corrected chi connectivity index (χ0v) is 9.13. The molecule has 0 aromatic carbocycles. The lowest BCUT2D eigenvalue weighted by Crippen LogP contribution is -2.36. The predicted octanol–water partition coefficient (Wildman–Crippen LogP) is 2.16. The Kier molecular flexibility index (Phi) is 1.83. The van der Waals surface area contributed by atoms with Crippen LogP contribution in [-0.4, -0.2) is 14.5 Å². The normalized spacial score (nSPS) is 52.4. The van der Waals surface area contributed by atoms with Crippen molar-refractivity contribution in [2.24, 2.45) is 11.8 Å². The van der Waals surface area contributed by atoms with Crippen LogP contribution in [0.2, 0.25) is 0 Å². The summed E-state index contributed by atoms with van der Waals surface area (Å²) in [5.74, 6) is 1.62. The fraction of sp³-hybridized carbons (Fsp3) is 0.857. The van der Waals surface area contributed by atoms with Gasteiger partial charge in [0.2, 0.25) is 0 Å². The van der Waals surface area contributed by atoms with Gasteiger partial charge in [0.05, 0.1) is 0 Å². The average Bonchev–Trinajstić information content (AvgIpc) is 2.12. The lowest BCUT2D eigenvalue weighted by atomic mass is 9.75. The van der Waals surface area contributed by atoms with Crippen molar-refractivity contribution in [3.8, 4) is 0 Å². The van der Waals surface area contributed by atoms with Crippen molar-refractivity contribution in [1.82, 2.24) is 0 Å². The van der Waals surface area contributed by atoms with Crippen LogP contribution in [0.25, 0.3) is 0 Å². The maximum absolute atomic E-state index is 11.0. The van der Waals surface area contributed by atoms with Crippen LogP contribution in [0.1, 0.15) is 12.8 Å². The Labute approximate surface area is 82.2 Å². The van der Waals surface area contributed by atoms with Crippen molar-refractivity contribution < 1.29 is 4.79 Å². The third-order valence-electron chi connectivity index (χ3n) is 2.60. The van der Waals surface area contributed by atoms with Gasteiger partial charge in [0.25, 0.3) is 0 Å². The molecule has 0 saturated heterocycles. The topological polar surface area (TPSA) is 17.1 Å². The second-order valence-electron chi connectivity index (χ2n) is 3.14. The summed E-state index contributed by atoms with van der Waals surface area (Å²) in [5.41, 5.74) is 0. The molecule has 2 fully saturated rings. The minimum atomic E-state index is 0.422. The van der Waals surface area contributed by atoms with Crippen molar-refractivity contribution in [1.29, 1.82) is 0 Å². The summed E-state index contributed by atoms with van der Waals surface area (Å²) >= 11 is 6.05. The van der Waals surface area contributed by atoms with Gasteiger partial charge in [-0.15, -0.1) is 0 Å². The van der Waals surface area contributed by atoms with E-state index >= 15 is 0 Å². The van der Waals surface area contributed by atoms with Crippen molar-refractivity contribution in [2.75, 3.05) is 0 Å². The van der Waals surface area contributed by atoms with E-state index in [0.29, 0.717) is 26.4 Å². The van der Waals surface area contributed by atoms with E-state index in [2.05, 4.69) is 38.5 Å². The first-order valence-corrected chi connectivity index (χ1v) is 5.67. The van der Waals surface area contributed by atoms with Crippen LogP contribution < -0.4 is 0 Å². The number of carbonyl (C=O) groups is 1. The Hall–Kier alpha value is 0.880. The number of Topliss-reactive ketones (excluding diaryl/α,β-unsaturated/α-hetero) is 1. The Balaban J connectivity index is 2.13. The van der Waals surface area contributed by atoms with Gasteiger partial charge < -0.3 is 0 Å². The average molecular weight is 315 g/mol. The van der Waals surface area contributed by atoms with Gasteiger partial charge in [-0.3, -0.25) is 4.79 Å². The second kappa shape index (κ2) is 2.44. The molecule has 4 atom stereocenters. The van der Waals surface area contributed by atoms with E-state index in [1.165, 1.54) is 0 Å². The van der Waals surface area contributed by atoms with Crippen LogP contribution in [0.15, 0.2) is 0 Å². The number of carbonyl (C=O) groups excluding carboxylic acids is 1. The van der Waals surface area contributed by atoms with E-state index in [4.69, 9.17) is 0 Å². The van der Waals surface area contributed by atoms with Crippen LogP contribution in [-0.2, 0) is 4.79 Å². The van der Waals surface area contributed by atoms with Crippen LogP contribution >= 0.6 is 38.5 Å². The van der Waals surface area contributed by atoms with Gasteiger partial charge in [-0.1, -0.05) is 38.5 Å². The van der Waals surface area contributed by atoms with Gasteiger partial charge >= 0.3 is 0 Å². The standard InChI is InChI=1S/C7H8BrIO/c8-5-1-3-4(7(5)9)2-6(3)10/h3-5,7H,1-2H2/t3?,4?,5-,7?/m0/s1. The summed E-state index contributed by atoms with van der Waals surface area (Å²) in [7, 11) is 0. The number of hydrogen-bond donors (Lipinski definition) is 0. The number of ketones is 1. The molecule has 3 unspecified atom stereocenters. The van der Waals surface area contributed by atoms with E-state index in [1.807, 2.05) is 0 Å². The molecule has 0 amide bonds. The van der Waals surface area contributed by atoms with Crippen LogP contribution in [0.4, 0.5) is 0 Å². The fourth-order valence-corrected chi connectivity index (χ4v) is 3.73. The van der Waals surface area contributed by atoms with Gasteiger partial charge in [-0.2, -0.15) is 0 Å². The molecule has 1 nitrogen and oxygen atoms in total. The molecule has 0 N–H and O–H groups in total. The summed E-state index contributed by atoms with van der Waals surface area (Å²) in [4.78, 5) is 11.6. The Morgan fingerprint density at radius 3 is 2.70 bits per heavy atom. The van der Waals surface area contributed by atoms with Gasteiger partial charge in [0.1, 0.15) is 5.78 Å². The molecular weight excluding hydrogens is 307 g/mol. The first-order valence-electron chi connectivity index (χ1n) is 3.51. The summed E-state index contributed by atoms with van der Waals surface area (Å²) < 4.78 is 0.695. The molecule has 0 spiro atoms. The van der Waals surface area contributed by atoms with Gasteiger partial charge in [0.15, 0.2) is 0 Å². The lowest BCUT2D eigenvalue weighted by molar-refractivity contribution is -0.132. The SMILES string of the molecule is O=C1CC2C1C[C@H](Br)C2I. The molecule has 0 aliphatic heterocycles. The molecule has 0 aromatic rings. The van der Waals surface area contributed by atoms with E-state index in [-0.39, 0.29) is 0 Å². The first-order chi connectivity index (χ1) is 4.70. The summed E-state index contributed by atoms with van der Waals surface area (Å²) in [6, 6.07) is 0. The highest BCUT2D eigenvalue weighted by atomic mass is 127. The molecule has 0 bridgehead atoms. The summed E-state index contributed by atoms with van der Waals surface area (Å²) in [6.07, 6.45) is 1.93. The van der Waals surface area contributed by atoms with Crippen molar-refractivity contribution in [3.05, 3.63) is 0 Å². The molecule has 0 radical (unpaired) electrons. The zero-order chi connectivity index (χ0) is 7.30. The van der Waals surface area contributed by atoms with Gasteiger partial charge in [0, 0.05) is 21.1 Å². The Bertz CT molecular complexity index is 182. The van der Waals surface area contributed by atoms with Crippen LogP contribution in [0, 0.1) is 11.8 Å². The molecule has 0 heterocycles. The largest absolute Gasteiger partial charge is 0.299 e. The number of rotatable bonds is 0. The second-order valence-corrected chi connectivity index (χ2v) is 5.75. The molecule has 10 heavy (non-hydrogen) atoms. The zero-order valence-electron chi connectivity index (χ0n) is 5.39. The summed E-state index contributed by atoms with van der Waals surface area (Å²) in [5, 5.41) is 0. The molecule has 2 saturated carbocycles. The Morgan fingerprint density at radius 1 is 1.60 bits per heavy atom. The third kappa shape index (κ3) is 0.891. The highest BCUT2D eigenvalue weighted by Gasteiger charge is 2.51. The van der Waals surface area contributed by atoms with E-state index < -0.39 is 0 Å². The molecule has 56 valence electrons.